The fraction of sp³-hybridized carbons (Fsp3) is 0.667. The summed E-state index contributed by atoms with van der Waals surface area (Å²) in [5.41, 5.74) is 0. The molecule has 1 amide bonds. The molecular formula is C9H13NOS. The van der Waals surface area contributed by atoms with Gasteiger partial charge in [0, 0.05) is 11.3 Å². The third kappa shape index (κ3) is 2.18. The highest BCUT2D eigenvalue weighted by molar-refractivity contribution is 7.99. The second-order valence-electron chi connectivity index (χ2n) is 2.81. The van der Waals surface area contributed by atoms with Crippen molar-refractivity contribution >= 4 is 17.7 Å². The Balaban J connectivity index is 2.30. The van der Waals surface area contributed by atoms with Crippen molar-refractivity contribution in [1.82, 2.24) is 5.32 Å². The monoisotopic (exact) mass is 183 g/mol. The first-order valence-electron chi connectivity index (χ1n) is 4.04. The molecule has 0 aromatic carbocycles. The average Bonchev–Trinajstić information content (AvgIpc) is 2.00. The van der Waals surface area contributed by atoms with Gasteiger partial charge in [0.15, 0.2) is 0 Å². The zero-order valence-electron chi connectivity index (χ0n) is 7.39. The van der Waals surface area contributed by atoms with E-state index >= 15 is 0 Å². The Morgan fingerprint density at radius 2 is 2.33 bits per heavy atom. The molecule has 2 unspecified atom stereocenters. The van der Waals surface area contributed by atoms with Gasteiger partial charge in [-0.15, -0.1) is 0 Å². The van der Waals surface area contributed by atoms with E-state index in [0.717, 1.165) is 6.42 Å². The Bertz CT molecular complexity index is 226. The van der Waals surface area contributed by atoms with Gasteiger partial charge in [-0.2, -0.15) is 11.8 Å². The summed E-state index contributed by atoms with van der Waals surface area (Å²) < 4.78 is 0. The molecule has 0 spiro atoms. The van der Waals surface area contributed by atoms with E-state index in [1.165, 1.54) is 6.42 Å². The Kier molecular flexibility index (Phi) is 3.48. The van der Waals surface area contributed by atoms with E-state index in [4.69, 9.17) is 0 Å². The van der Waals surface area contributed by atoms with Crippen molar-refractivity contribution in [2.45, 2.75) is 31.1 Å². The lowest BCUT2D eigenvalue weighted by molar-refractivity contribution is -0.116. The van der Waals surface area contributed by atoms with Crippen LogP contribution in [0.3, 0.4) is 0 Å². The van der Waals surface area contributed by atoms with Crippen molar-refractivity contribution in [2.24, 2.45) is 0 Å². The number of carbonyl (C=O) groups is 1. The van der Waals surface area contributed by atoms with Gasteiger partial charge in [0.1, 0.15) is 0 Å². The van der Waals surface area contributed by atoms with Crippen molar-refractivity contribution in [3.05, 3.63) is 0 Å². The summed E-state index contributed by atoms with van der Waals surface area (Å²) in [5, 5.41) is 3.49. The molecule has 0 aliphatic heterocycles. The van der Waals surface area contributed by atoms with Crippen LogP contribution in [0.1, 0.15) is 19.8 Å². The number of hydrogen-bond acceptors (Lipinski definition) is 2. The van der Waals surface area contributed by atoms with Crippen LogP contribution in [0.2, 0.25) is 0 Å². The fourth-order valence-electron chi connectivity index (χ4n) is 1.23. The average molecular weight is 183 g/mol. The lowest BCUT2D eigenvalue weighted by Gasteiger charge is -2.35. The lowest BCUT2D eigenvalue weighted by Crippen LogP contribution is -2.48. The second kappa shape index (κ2) is 4.42. The van der Waals surface area contributed by atoms with Crippen LogP contribution in [0.4, 0.5) is 0 Å². The molecule has 1 fully saturated rings. The van der Waals surface area contributed by atoms with E-state index in [2.05, 4.69) is 23.4 Å². The molecule has 2 atom stereocenters. The van der Waals surface area contributed by atoms with Gasteiger partial charge in [0.2, 0.25) is 0 Å². The highest BCUT2D eigenvalue weighted by Gasteiger charge is 2.30. The van der Waals surface area contributed by atoms with Crippen LogP contribution in [-0.4, -0.2) is 23.5 Å². The minimum atomic E-state index is -0.138. The van der Waals surface area contributed by atoms with Gasteiger partial charge in [-0.05, 0) is 31.9 Å². The number of nitrogens with one attached hydrogen (secondary N) is 1. The molecule has 12 heavy (non-hydrogen) atoms. The van der Waals surface area contributed by atoms with Crippen molar-refractivity contribution in [3.63, 3.8) is 0 Å². The maximum absolute atomic E-state index is 11.0. The van der Waals surface area contributed by atoms with E-state index in [0.29, 0.717) is 11.3 Å². The molecule has 1 aliphatic rings. The maximum Gasteiger partial charge on any atom is 0.296 e. The standard InChI is InChI=1S/C9H13NOS/c1-3-4-9(11)10-7-5-6-8(7)12-2/h7-8H,5-6H2,1-2H3,(H,10,11). The van der Waals surface area contributed by atoms with Crippen molar-refractivity contribution in [3.8, 4) is 11.8 Å². The number of rotatable bonds is 2. The molecule has 0 bridgehead atoms. The predicted octanol–water partition coefficient (Wildman–Crippen LogP) is 1.02. The quantitative estimate of drug-likeness (QED) is 0.648. The first kappa shape index (κ1) is 9.47. The number of hydrogen-bond donors (Lipinski definition) is 1. The molecule has 0 aromatic heterocycles. The number of thioether (sulfide) groups is 1. The van der Waals surface area contributed by atoms with Crippen molar-refractivity contribution in [1.29, 1.82) is 0 Å². The van der Waals surface area contributed by atoms with Crippen LogP contribution in [-0.2, 0) is 4.79 Å². The molecule has 66 valence electrons. The molecule has 3 heteroatoms. The van der Waals surface area contributed by atoms with Crippen molar-refractivity contribution in [2.75, 3.05) is 6.26 Å². The molecule has 1 rings (SSSR count). The Labute approximate surface area is 77.5 Å². The van der Waals surface area contributed by atoms with Crippen molar-refractivity contribution < 1.29 is 4.79 Å². The largest absolute Gasteiger partial charge is 0.341 e. The van der Waals surface area contributed by atoms with Gasteiger partial charge >= 0.3 is 0 Å². The van der Waals surface area contributed by atoms with Gasteiger partial charge in [0.25, 0.3) is 5.91 Å². The molecule has 1 saturated carbocycles. The van der Waals surface area contributed by atoms with Crippen LogP contribution in [0.5, 0.6) is 0 Å². The van der Waals surface area contributed by atoms with E-state index in [1.807, 2.05) is 11.8 Å². The number of amides is 1. The van der Waals surface area contributed by atoms with Gasteiger partial charge in [-0.25, -0.2) is 0 Å². The summed E-state index contributed by atoms with van der Waals surface area (Å²) >= 11 is 1.82. The molecule has 0 heterocycles. The highest BCUT2D eigenvalue weighted by atomic mass is 32.2. The van der Waals surface area contributed by atoms with Gasteiger partial charge in [-0.3, -0.25) is 4.79 Å². The predicted molar refractivity (Wildman–Crippen MR) is 51.9 cm³/mol. The Hall–Kier alpha value is -0.620. The van der Waals surface area contributed by atoms with E-state index < -0.39 is 0 Å². The Morgan fingerprint density at radius 3 is 2.75 bits per heavy atom. The van der Waals surface area contributed by atoms with Crippen LogP contribution >= 0.6 is 11.8 Å². The SMILES string of the molecule is CC#CC(=O)NC1CCC1SC. The second-order valence-corrected chi connectivity index (χ2v) is 3.88. The first-order chi connectivity index (χ1) is 5.77. The normalized spacial score (nSPS) is 26.5. The molecule has 0 radical (unpaired) electrons. The number of carbonyl (C=O) groups excluding carboxylic acids is 1. The van der Waals surface area contributed by atoms with E-state index in [-0.39, 0.29) is 5.91 Å². The smallest absolute Gasteiger partial charge is 0.296 e. The third-order valence-electron chi connectivity index (χ3n) is 2.07. The molecule has 2 nitrogen and oxygen atoms in total. The Morgan fingerprint density at radius 1 is 1.58 bits per heavy atom. The summed E-state index contributed by atoms with van der Waals surface area (Å²) in [5.74, 6) is 4.93. The molecule has 1 N–H and O–H groups in total. The fourth-order valence-corrected chi connectivity index (χ4v) is 2.14. The first-order valence-corrected chi connectivity index (χ1v) is 5.32. The molecule has 0 saturated heterocycles. The van der Waals surface area contributed by atoms with Crippen LogP contribution in [0.25, 0.3) is 0 Å². The summed E-state index contributed by atoms with van der Waals surface area (Å²) in [7, 11) is 0. The van der Waals surface area contributed by atoms with Crippen LogP contribution in [0, 0.1) is 11.8 Å². The minimum absolute atomic E-state index is 0.138. The zero-order valence-corrected chi connectivity index (χ0v) is 8.20. The van der Waals surface area contributed by atoms with Gasteiger partial charge < -0.3 is 5.32 Å². The zero-order chi connectivity index (χ0) is 8.97. The maximum atomic E-state index is 11.0. The summed E-state index contributed by atoms with van der Waals surface area (Å²) in [6.07, 6.45) is 4.39. The lowest BCUT2D eigenvalue weighted by atomic mass is 9.92. The highest BCUT2D eigenvalue weighted by Crippen LogP contribution is 2.29. The summed E-state index contributed by atoms with van der Waals surface area (Å²) in [4.78, 5) is 11.0. The molecular weight excluding hydrogens is 170 g/mol. The third-order valence-corrected chi connectivity index (χ3v) is 3.24. The minimum Gasteiger partial charge on any atom is -0.341 e. The molecule has 1 aliphatic carbocycles. The van der Waals surface area contributed by atoms with Crippen LogP contribution in [0.15, 0.2) is 0 Å². The van der Waals surface area contributed by atoms with Crippen LogP contribution < -0.4 is 5.32 Å². The van der Waals surface area contributed by atoms with Gasteiger partial charge in [0.05, 0.1) is 0 Å². The summed E-state index contributed by atoms with van der Waals surface area (Å²) in [6.45, 7) is 1.67. The molecule has 0 aromatic rings. The summed E-state index contributed by atoms with van der Waals surface area (Å²) in [6, 6.07) is 0.355. The van der Waals surface area contributed by atoms with Gasteiger partial charge in [-0.1, -0.05) is 5.92 Å². The van der Waals surface area contributed by atoms with E-state index in [1.54, 1.807) is 6.92 Å². The topological polar surface area (TPSA) is 29.1 Å². The van der Waals surface area contributed by atoms with E-state index in [9.17, 15) is 4.79 Å².